The highest BCUT2D eigenvalue weighted by atomic mass is 35.5. The van der Waals surface area contributed by atoms with Crippen LogP contribution in [0.1, 0.15) is 10.4 Å². The van der Waals surface area contributed by atoms with Gasteiger partial charge in [0.25, 0.3) is 5.91 Å². The van der Waals surface area contributed by atoms with Gasteiger partial charge in [0.1, 0.15) is 5.82 Å². The quantitative estimate of drug-likeness (QED) is 0.770. The van der Waals surface area contributed by atoms with E-state index in [0.717, 1.165) is 11.8 Å². The number of carbonyl (C=O) groups is 2. The minimum absolute atomic E-state index is 0.186. The first-order valence-electron chi connectivity index (χ1n) is 8.24. The molecule has 1 fully saturated rings. The third-order valence-electron chi connectivity index (χ3n) is 4.23. The lowest BCUT2D eigenvalue weighted by atomic mass is 10.2. The fraction of sp³-hybridized carbons (Fsp3) is 0.263. The van der Waals surface area contributed by atoms with Crippen molar-refractivity contribution in [2.45, 2.75) is 0 Å². The molecule has 0 unspecified atom stereocenters. The number of piperazine rings is 1. The number of anilines is 1. The first-order chi connectivity index (χ1) is 12.5. The Labute approximate surface area is 155 Å². The maximum absolute atomic E-state index is 13.7. The maximum atomic E-state index is 13.7. The Morgan fingerprint density at radius 2 is 1.73 bits per heavy atom. The van der Waals surface area contributed by atoms with Crippen LogP contribution in [-0.2, 0) is 9.53 Å². The molecule has 0 bridgehead atoms. The van der Waals surface area contributed by atoms with Crippen LogP contribution in [0.2, 0.25) is 5.02 Å². The van der Waals surface area contributed by atoms with Gasteiger partial charge in [0.2, 0.25) is 0 Å². The molecular weight excluding hydrogens is 359 g/mol. The number of nitrogens with zero attached hydrogens (tertiary/aromatic N) is 2. The predicted molar refractivity (Wildman–Crippen MR) is 96.9 cm³/mol. The van der Waals surface area contributed by atoms with Crippen molar-refractivity contribution in [3.63, 3.8) is 0 Å². The van der Waals surface area contributed by atoms with Gasteiger partial charge in [-0.3, -0.25) is 4.79 Å². The van der Waals surface area contributed by atoms with E-state index in [0.29, 0.717) is 26.2 Å². The number of halogens is 2. The van der Waals surface area contributed by atoms with E-state index in [4.69, 9.17) is 16.3 Å². The summed E-state index contributed by atoms with van der Waals surface area (Å²) in [7, 11) is 0. The van der Waals surface area contributed by atoms with Gasteiger partial charge in [-0.1, -0.05) is 29.8 Å². The Morgan fingerprint density at radius 1 is 1.04 bits per heavy atom. The van der Waals surface area contributed by atoms with Gasteiger partial charge in [-0.25, -0.2) is 9.18 Å². The summed E-state index contributed by atoms with van der Waals surface area (Å²) >= 11 is 5.65. The van der Waals surface area contributed by atoms with Crippen LogP contribution < -0.4 is 4.90 Å². The summed E-state index contributed by atoms with van der Waals surface area (Å²) in [5.74, 6) is -1.94. The first-order valence-corrected chi connectivity index (χ1v) is 8.62. The lowest BCUT2D eigenvalue weighted by Crippen LogP contribution is -2.49. The van der Waals surface area contributed by atoms with E-state index in [1.54, 1.807) is 4.90 Å². The molecule has 0 aromatic heterocycles. The van der Waals surface area contributed by atoms with Gasteiger partial charge in [0, 0.05) is 36.9 Å². The highest BCUT2D eigenvalue weighted by Gasteiger charge is 2.23. The highest BCUT2D eigenvalue weighted by Crippen LogP contribution is 2.17. The zero-order valence-electron chi connectivity index (χ0n) is 14.0. The van der Waals surface area contributed by atoms with E-state index in [1.165, 1.54) is 12.1 Å². The van der Waals surface area contributed by atoms with Gasteiger partial charge in [0.05, 0.1) is 5.56 Å². The molecule has 0 saturated carbocycles. The number of amides is 1. The molecule has 136 valence electrons. The van der Waals surface area contributed by atoms with Crippen molar-refractivity contribution in [1.29, 1.82) is 0 Å². The zero-order chi connectivity index (χ0) is 18.5. The number of rotatable bonds is 4. The van der Waals surface area contributed by atoms with Crippen molar-refractivity contribution in [2.24, 2.45) is 0 Å². The number of hydrogen-bond acceptors (Lipinski definition) is 4. The third-order valence-corrected chi connectivity index (χ3v) is 4.47. The van der Waals surface area contributed by atoms with Crippen molar-refractivity contribution >= 4 is 29.2 Å². The highest BCUT2D eigenvalue weighted by molar-refractivity contribution is 6.30. The van der Waals surface area contributed by atoms with Gasteiger partial charge in [-0.05, 0) is 30.3 Å². The van der Waals surface area contributed by atoms with Crippen LogP contribution in [0.5, 0.6) is 0 Å². The molecule has 1 aliphatic rings. The summed E-state index contributed by atoms with van der Waals surface area (Å²) < 4.78 is 18.6. The fourth-order valence-electron chi connectivity index (χ4n) is 2.80. The summed E-state index contributed by atoms with van der Waals surface area (Å²) in [6.45, 7) is 2.08. The van der Waals surface area contributed by atoms with Crippen LogP contribution in [0.4, 0.5) is 10.1 Å². The Kier molecular flexibility index (Phi) is 5.73. The summed E-state index contributed by atoms with van der Waals surface area (Å²) in [6, 6.07) is 13.6. The Hall–Kier alpha value is -2.60. The topological polar surface area (TPSA) is 49.9 Å². The molecule has 3 rings (SSSR count). The minimum atomic E-state index is -0.879. The number of esters is 1. The maximum Gasteiger partial charge on any atom is 0.341 e. The molecule has 0 radical (unpaired) electrons. The van der Waals surface area contributed by atoms with Gasteiger partial charge in [-0.15, -0.1) is 0 Å². The van der Waals surface area contributed by atoms with E-state index in [9.17, 15) is 14.0 Å². The van der Waals surface area contributed by atoms with Crippen LogP contribution >= 0.6 is 11.6 Å². The Bertz CT molecular complexity index is 793. The van der Waals surface area contributed by atoms with Crippen molar-refractivity contribution < 1.29 is 18.7 Å². The van der Waals surface area contributed by atoms with E-state index in [1.807, 2.05) is 30.3 Å². The molecule has 1 aliphatic heterocycles. The molecule has 26 heavy (non-hydrogen) atoms. The number of hydrogen-bond donors (Lipinski definition) is 0. The predicted octanol–water partition coefficient (Wildman–Crippen LogP) is 2.98. The van der Waals surface area contributed by atoms with Crippen LogP contribution in [0.25, 0.3) is 0 Å². The zero-order valence-corrected chi connectivity index (χ0v) is 14.8. The van der Waals surface area contributed by atoms with Gasteiger partial charge < -0.3 is 14.5 Å². The van der Waals surface area contributed by atoms with E-state index in [2.05, 4.69) is 4.90 Å². The second-order valence-corrected chi connectivity index (χ2v) is 6.34. The molecule has 0 atom stereocenters. The van der Waals surface area contributed by atoms with Gasteiger partial charge in [0.15, 0.2) is 6.61 Å². The van der Waals surface area contributed by atoms with Crippen molar-refractivity contribution in [3.05, 3.63) is 64.9 Å². The SMILES string of the molecule is O=C(OCC(=O)N1CCN(c2ccccc2)CC1)c1ccc(Cl)cc1F. The van der Waals surface area contributed by atoms with Crippen molar-refractivity contribution in [3.8, 4) is 0 Å². The van der Waals surface area contributed by atoms with Crippen molar-refractivity contribution in [1.82, 2.24) is 4.90 Å². The second kappa shape index (κ2) is 8.19. The van der Waals surface area contributed by atoms with Gasteiger partial charge in [-0.2, -0.15) is 0 Å². The summed E-state index contributed by atoms with van der Waals surface area (Å²) in [5.41, 5.74) is 0.875. The van der Waals surface area contributed by atoms with Crippen LogP contribution in [0.15, 0.2) is 48.5 Å². The van der Waals surface area contributed by atoms with E-state index in [-0.39, 0.29) is 16.5 Å². The molecule has 7 heteroatoms. The van der Waals surface area contributed by atoms with Crippen LogP contribution in [0.3, 0.4) is 0 Å². The smallest absolute Gasteiger partial charge is 0.341 e. The average molecular weight is 377 g/mol. The fourth-order valence-corrected chi connectivity index (χ4v) is 2.96. The number of benzene rings is 2. The third kappa shape index (κ3) is 4.32. The molecule has 2 aromatic rings. The molecule has 0 spiro atoms. The van der Waals surface area contributed by atoms with Crippen LogP contribution in [0, 0.1) is 5.82 Å². The summed E-state index contributed by atoms with van der Waals surface area (Å²) in [4.78, 5) is 28.0. The standard InChI is InChI=1S/C19H18ClFN2O3/c20-14-6-7-16(17(21)12-14)19(25)26-13-18(24)23-10-8-22(9-11-23)15-4-2-1-3-5-15/h1-7,12H,8-11,13H2. The molecule has 5 nitrogen and oxygen atoms in total. The molecule has 2 aromatic carbocycles. The first kappa shape index (κ1) is 18.2. The lowest BCUT2D eigenvalue weighted by molar-refractivity contribution is -0.134. The molecule has 0 N–H and O–H groups in total. The summed E-state index contributed by atoms with van der Waals surface area (Å²) in [6.07, 6.45) is 0. The van der Waals surface area contributed by atoms with E-state index >= 15 is 0 Å². The van der Waals surface area contributed by atoms with Crippen LogP contribution in [-0.4, -0.2) is 49.6 Å². The summed E-state index contributed by atoms with van der Waals surface area (Å²) in [5, 5.41) is 0.186. The lowest BCUT2D eigenvalue weighted by Gasteiger charge is -2.36. The Morgan fingerprint density at radius 3 is 2.38 bits per heavy atom. The largest absolute Gasteiger partial charge is 0.452 e. The average Bonchev–Trinajstić information content (AvgIpc) is 2.66. The number of carbonyl (C=O) groups excluding carboxylic acids is 2. The minimum Gasteiger partial charge on any atom is -0.452 e. The monoisotopic (exact) mass is 376 g/mol. The Balaban J connectivity index is 1.49. The van der Waals surface area contributed by atoms with Crippen molar-refractivity contribution in [2.75, 3.05) is 37.7 Å². The second-order valence-electron chi connectivity index (χ2n) is 5.90. The number of para-hydroxylation sites is 1. The molecule has 0 aliphatic carbocycles. The number of ether oxygens (including phenoxy) is 1. The van der Waals surface area contributed by atoms with E-state index < -0.39 is 18.4 Å². The molecule has 1 heterocycles. The molecular formula is C19H18ClFN2O3. The normalized spacial score (nSPS) is 14.2. The molecule has 1 saturated heterocycles. The molecule has 1 amide bonds. The van der Waals surface area contributed by atoms with Gasteiger partial charge >= 0.3 is 5.97 Å².